The van der Waals surface area contributed by atoms with Crippen molar-refractivity contribution in [2.24, 2.45) is 5.92 Å². The molecule has 2 atom stereocenters. The number of aromatic nitrogens is 1. The highest BCUT2D eigenvalue weighted by atomic mass is 16.3. The number of hydrogen-bond acceptors (Lipinski definition) is 3. The van der Waals surface area contributed by atoms with Crippen LogP contribution in [0.4, 0.5) is 5.82 Å². The molecule has 0 spiro atoms. The molecule has 0 amide bonds. The van der Waals surface area contributed by atoms with Gasteiger partial charge in [-0.3, -0.25) is 4.79 Å². The summed E-state index contributed by atoms with van der Waals surface area (Å²) in [6.07, 6.45) is 4.17. The Labute approximate surface area is 124 Å². The quantitative estimate of drug-likeness (QED) is 0.813. The number of benzene rings is 1. The van der Waals surface area contributed by atoms with Gasteiger partial charge in [0.05, 0.1) is 12.1 Å². The van der Waals surface area contributed by atoms with Crippen LogP contribution in [0.5, 0.6) is 0 Å². The Morgan fingerprint density at radius 3 is 3.00 bits per heavy atom. The van der Waals surface area contributed by atoms with Gasteiger partial charge in [0.1, 0.15) is 5.82 Å². The minimum atomic E-state index is -0.316. The van der Waals surface area contributed by atoms with Gasteiger partial charge in [-0.15, -0.1) is 0 Å². The molecule has 1 aromatic carbocycles. The molecule has 1 saturated carbocycles. The molecule has 1 aliphatic rings. The van der Waals surface area contributed by atoms with Gasteiger partial charge in [-0.1, -0.05) is 38.0 Å². The average molecular weight is 286 g/mol. The number of fused-ring (bicyclic) bond motifs is 1. The second kappa shape index (κ2) is 5.53. The maximum Gasteiger partial charge on any atom is 0.257 e. The van der Waals surface area contributed by atoms with Crippen molar-refractivity contribution in [2.45, 2.75) is 38.1 Å². The second-order valence-corrected chi connectivity index (χ2v) is 6.36. The first kappa shape index (κ1) is 14.1. The van der Waals surface area contributed by atoms with Crippen LogP contribution in [0.15, 0.2) is 35.1 Å². The molecule has 4 nitrogen and oxygen atoms in total. The highest BCUT2D eigenvalue weighted by Crippen LogP contribution is 2.34. The summed E-state index contributed by atoms with van der Waals surface area (Å²) >= 11 is 0. The van der Waals surface area contributed by atoms with E-state index in [2.05, 4.69) is 17.2 Å². The van der Waals surface area contributed by atoms with Gasteiger partial charge in [0, 0.05) is 5.39 Å². The predicted molar refractivity (Wildman–Crippen MR) is 85.6 cm³/mol. The van der Waals surface area contributed by atoms with Crippen molar-refractivity contribution in [3.8, 4) is 0 Å². The van der Waals surface area contributed by atoms with Crippen molar-refractivity contribution in [2.75, 3.05) is 11.9 Å². The first-order chi connectivity index (χ1) is 10.1. The highest BCUT2D eigenvalue weighted by molar-refractivity contribution is 5.83. The van der Waals surface area contributed by atoms with Gasteiger partial charge in [0.2, 0.25) is 0 Å². The van der Waals surface area contributed by atoms with Crippen LogP contribution in [0.25, 0.3) is 10.8 Å². The van der Waals surface area contributed by atoms with Crippen molar-refractivity contribution in [3.05, 3.63) is 40.7 Å². The van der Waals surface area contributed by atoms with Crippen LogP contribution < -0.4 is 10.9 Å². The van der Waals surface area contributed by atoms with Gasteiger partial charge < -0.3 is 15.4 Å². The molecule has 112 valence electrons. The summed E-state index contributed by atoms with van der Waals surface area (Å²) in [6.45, 7) is 2.31. The number of anilines is 1. The largest absolute Gasteiger partial charge is 0.394 e. The molecule has 0 saturated heterocycles. The van der Waals surface area contributed by atoms with Gasteiger partial charge >= 0.3 is 0 Å². The number of aliphatic hydroxyl groups excluding tert-OH is 1. The molecule has 1 aromatic heterocycles. The zero-order valence-corrected chi connectivity index (χ0v) is 12.4. The predicted octanol–water partition coefficient (Wildman–Crippen LogP) is 2.88. The molecule has 2 aromatic rings. The van der Waals surface area contributed by atoms with Crippen LogP contribution in [0, 0.1) is 5.92 Å². The molecule has 0 bridgehead atoms. The van der Waals surface area contributed by atoms with E-state index < -0.39 is 0 Å². The number of rotatable bonds is 3. The third-order valence-corrected chi connectivity index (χ3v) is 4.55. The van der Waals surface area contributed by atoms with Crippen molar-refractivity contribution in [1.29, 1.82) is 0 Å². The number of H-pyrrole nitrogens is 1. The lowest BCUT2D eigenvalue weighted by molar-refractivity contribution is 0.149. The SMILES string of the molecule is CC1CCCC(CO)(Nc2cc3ccccc3c(=O)[nH]2)C1. The summed E-state index contributed by atoms with van der Waals surface area (Å²) in [5.41, 5.74) is -0.407. The molecule has 3 rings (SSSR count). The maximum absolute atomic E-state index is 12.1. The van der Waals surface area contributed by atoms with Crippen molar-refractivity contribution >= 4 is 16.6 Å². The van der Waals surface area contributed by atoms with Gasteiger partial charge in [0.15, 0.2) is 0 Å². The number of aromatic amines is 1. The van der Waals surface area contributed by atoms with Crippen LogP contribution >= 0.6 is 0 Å². The molecule has 1 heterocycles. The second-order valence-electron chi connectivity index (χ2n) is 6.36. The molecule has 21 heavy (non-hydrogen) atoms. The van der Waals surface area contributed by atoms with Crippen molar-refractivity contribution < 1.29 is 5.11 Å². The van der Waals surface area contributed by atoms with Crippen molar-refractivity contribution in [1.82, 2.24) is 4.98 Å². The summed E-state index contributed by atoms with van der Waals surface area (Å²) in [6, 6.07) is 9.50. The highest BCUT2D eigenvalue weighted by Gasteiger charge is 2.34. The third kappa shape index (κ3) is 2.81. The van der Waals surface area contributed by atoms with E-state index in [4.69, 9.17) is 0 Å². The van der Waals surface area contributed by atoms with E-state index in [1.807, 2.05) is 30.3 Å². The topological polar surface area (TPSA) is 65.1 Å². The van der Waals surface area contributed by atoms with Gasteiger partial charge in [-0.05, 0) is 36.3 Å². The van der Waals surface area contributed by atoms with E-state index >= 15 is 0 Å². The Morgan fingerprint density at radius 2 is 2.24 bits per heavy atom. The standard InChI is InChI=1S/C17H22N2O2/c1-12-5-4-8-17(10-12,11-20)19-15-9-13-6-2-3-7-14(13)16(21)18-15/h2-3,6-7,9,12,20H,4-5,8,10-11H2,1H3,(H2,18,19,21). The normalized spacial score (nSPS) is 25.9. The number of hydrogen-bond donors (Lipinski definition) is 3. The first-order valence-electron chi connectivity index (χ1n) is 7.63. The van der Waals surface area contributed by atoms with E-state index in [-0.39, 0.29) is 17.7 Å². The number of pyridine rings is 1. The lowest BCUT2D eigenvalue weighted by atomic mass is 9.77. The molecular formula is C17H22N2O2. The smallest absolute Gasteiger partial charge is 0.257 e. The molecule has 0 aliphatic heterocycles. The molecule has 2 unspecified atom stereocenters. The van der Waals surface area contributed by atoms with Crippen molar-refractivity contribution in [3.63, 3.8) is 0 Å². The fourth-order valence-electron chi connectivity index (χ4n) is 3.52. The van der Waals surface area contributed by atoms with Crippen LogP contribution in [-0.2, 0) is 0 Å². The van der Waals surface area contributed by atoms with E-state index in [0.717, 1.165) is 24.6 Å². The average Bonchev–Trinajstić information content (AvgIpc) is 2.47. The summed E-state index contributed by atoms with van der Waals surface area (Å²) in [5, 5.41) is 14.9. The Kier molecular flexibility index (Phi) is 3.72. The first-order valence-corrected chi connectivity index (χ1v) is 7.63. The lowest BCUT2D eigenvalue weighted by Crippen LogP contribution is -2.46. The lowest BCUT2D eigenvalue weighted by Gasteiger charge is -2.40. The molecule has 1 aliphatic carbocycles. The number of nitrogens with one attached hydrogen (secondary N) is 2. The van der Waals surface area contributed by atoms with E-state index in [9.17, 15) is 9.90 Å². The molecule has 0 radical (unpaired) electrons. The van der Waals surface area contributed by atoms with E-state index in [1.165, 1.54) is 6.42 Å². The minimum Gasteiger partial charge on any atom is -0.394 e. The summed E-state index contributed by atoms with van der Waals surface area (Å²) in [7, 11) is 0. The Hall–Kier alpha value is -1.81. The summed E-state index contributed by atoms with van der Waals surface area (Å²) in [4.78, 5) is 15.0. The van der Waals surface area contributed by atoms with Crippen LogP contribution in [-0.4, -0.2) is 22.2 Å². The van der Waals surface area contributed by atoms with Crippen LogP contribution in [0.2, 0.25) is 0 Å². The van der Waals surface area contributed by atoms with Gasteiger partial charge in [-0.25, -0.2) is 0 Å². The summed E-state index contributed by atoms with van der Waals surface area (Å²) in [5.74, 6) is 1.28. The molecule has 1 fully saturated rings. The fourth-order valence-corrected chi connectivity index (χ4v) is 3.52. The fraction of sp³-hybridized carbons (Fsp3) is 0.471. The third-order valence-electron chi connectivity index (χ3n) is 4.55. The van der Waals surface area contributed by atoms with E-state index in [1.54, 1.807) is 0 Å². The zero-order chi connectivity index (χ0) is 14.9. The zero-order valence-electron chi connectivity index (χ0n) is 12.4. The monoisotopic (exact) mass is 286 g/mol. The van der Waals surface area contributed by atoms with Crippen LogP contribution in [0.3, 0.4) is 0 Å². The Morgan fingerprint density at radius 1 is 1.43 bits per heavy atom. The Balaban J connectivity index is 1.95. The van der Waals surface area contributed by atoms with Crippen LogP contribution in [0.1, 0.15) is 32.6 Å². The summed E-state index contributed by atoms with van der Waals surface area (Å²) < 4.78 is 0. The molecule has 3 N–H and O–H groups in total. The van der Waals surface area contributed by atoms with Gasteiger partial charge in [-0.2, -0.15) is 0 Å². The van der Waals surface area contributed by atoms with Gasteiger partial charge in [0.25, 0.3) is 5.56 Å². The maximum atomic E-state index is 12.1. The minimum absolute atomic E-state index is 0.0895. The molecular weight excluding hydrogens is 264 g/mol. The number of aliphatic hydroxyl groups is 1. The Bertz CT molecular complexity index is 694. The molecule has 4 heteroatoms. The van der Waals surface area contributed by atoms with E-state index in [0.29, 0.717) is 17.1 Å².